The van der Waals surface area contributed by atoms with Crippen LogP contribution in [0.4, 0.5) is 0 Å². The van der Waals surface area contributed by atoms with Gasteiger partial charge in [0.15, 0.2) is 11.5 Å². The van der Waals surface area contributed by atoms with Gasteiger partial charge in [0.05, 0.1) is 16.5 Å². The second-order valence-corrected chi connectivity index (χ2v) is 8.66. The van der Waals surface area contributed by atoms with E-state index in [9.17, 15) is 4.79 Å². The molecule has 0 N–H and O–H groups in total. The van der Waals surface area contributed by atoms with Gasteiger partial charge in [0.25, 0.3) is 5.91 Å². The normalized spacial score (nSPS) is 14.9. The standard InChI is InChI=1S/C22H20BrNO4S2/c1-3-9-24-21(25)19(30-22(24)29)14-15-12-17(23)20(18(13-15)26-2)28-11-10-27-16-7-5-4-6-8-16/h3-8,12-14H,1,9-11H2,2H3/b19-14-. The molecular weight excluding hydrogens is 486 g/mol. The summed E-state index contributed by atoms with van der Waals surface area (Å²) in [6, 6.07) is 13.2. The Labute approximate surface area is 193 Å². The minimum absolute atomic E-state index is 0.127. The summed E-state index contributed by atoms with van der Waals surface area (Å²) in [5.41, 5.74) is 0.797. The predicted octanol–water partition coefficient (Wildman–Crippen LogP) is 5.30. The lowest BCUT2D eigenvalue weighted by Gasteiger charge is -2.14. The molecule has 2 aromatic carbocycles. The van der Waals surface area contributed by atoms with Crippen molar-refractivity contribution in [1.29, 1.82) is 0 Å². The van der Waals surface area contributed by atoms with Crippen LogP contribution in [0.5, 0.6) is 17.2 Å². The molecule has 156 valence electrons. The maximum Gasteiger partial charge on any atom is 0.266 e. The molecule has 1 heterocycles. The number of halogens is 1. The Kier molecular flexibility index (Phi) is 7.95. The van der Waals surface area contributed by atoms with Gasteiger partial charge in [-0.1, -0.05) is 48.3 Å². The van der Waals surface area contributed by atoms with Gasteiger partial charge < -0.3 is 14.2 Å². The molecule has 0 atom stereocenters. The van der Waals surface area contributed by atoms with Crippen LogP contribution in [0.2, 0.25) is 0 Å². The number of thioether (sulfide) groups is 1. The number of hydrogen-bond donors (Lipinski definition) is 0. The fourth-order valence-electron chi connectivity index (χ4n) is 2.72. The first-order valence-electron chi connectivity index (χ1n) is 9.08. The zero-order valence-corrected chi connectivity index (χ0v) is 19.5. The van der Waals surface area contributed by atoms with Crippen molar-refractivity contribution in [3.05, 3.63) is 70.1 Å². The average molecular weight is 506 g/mol. The van der Waals surface area contributed by atoms with Gasteiger partial charge in [-0.3, -0.25) is 9.69 Å². The average Bonchev–Trinajstić information content (AvgIpc) is 3.00. The monoisotopic (exact) mass is 505 g/mol. The first-order valence-corrected chi connectivity index (χ1v) is 11.1. The maximum atomic E-state index is 12.5. The number of thiocarbonyl (C=S) groups is 1. The molecule has 0 unspecified atom stereocenters. The molecule has 1 aliphatic rings. The van der Waals surface area contributed by atoms with Gasteiger partial charge in [-0.15, -0.1) is 6.58 Å². The van der Waals surface area contributed by atoms with Crippen LogP contribution in [0.3, 0.4) is 0 Å². The van der Waals surface area contributed by atoms with Crippen LogP contribution in [-0.4, -0.2) is 42.0 Å². The van der Waals surface area contributed by atoms with Crippen molar-refractivity contribution in [2.24, 2.45) is 0 Å². The third kappa shape index (κ3) is 5.44. The number of ether oxygens (including phenoxy) is 3. The molecule has 0 aromatic heterocycles. The van der Waals surface area contributed by atoms with Crippen molar-refractivity contribution in [2.75, 3.05) is 26.9 Å². The van der Waals surface area contributed by atoms with Gasteiger partial charge in [0, 0.05) is 6.54 Å². The largest absolute Gasteiger partial charge is 0.493 e. The lowest BCUT2D eigenvalue weighted by atomic mass is 10.2. The lowest BCUT2D eigenvalue weighted by molar-refractivity contribution is -0.121. The van der Waals surface area contributed by atoms with E-state index >= 15 is 0 Å². The quantitative estimate of drug-likeness (QED) is 0.199. The van der Waals surface area contributed by atoms with E-state index < -0.39 is 0 Å². The van der Waals surface area contributed by atoms with Gasteiger partial charge in [-0.2, -0.15) is 0 Å². The Hall–Kier alpha value is -2.29. The summed E-state index contributed by atoms with van der Waals surface area (Å²) in [7, 11) is 1.57. The summed E-state index contributed by atoms with van der Waals surface area (Å²) >= 11 is 10.1. The second kappa shape index (κ2) is 10.7. The van der Waals surface area contributed by atoms with Crippen molar-refractivity contribution in [3.8, 4) is 17.2 Å². The smallest absolute Gasteiger partial charge is 0.266 e. The molecular formula is C22H20BrNO4S2. The SMILES string of the molecule is C=CCN1C(=O)/C(=C/c2cc(Br)c(OCCOc3ccccc3)c(OC)c2)SC1=S. The number of nitrogens with zero attached hydrogens (tertiary/aromatic N) is 1. The Bertz CT molecular complexity index is 979. The molecule has 5 nitrogen and oxygen atoms in total. The van der Waals surface area contributed by atoms with Crippen molar-refractivity contribution >= 4 is 56.2 Å². The Morgan fingerprint density at radius 2 is 1.93 bits per heavy atom. The highest BCUT2D eigenvalue weighted by Crippen LogP contribution is 2.39. The number of carbonyl (C=O) groups is 1. The van der Waals surface area contributed by atoms with Crippen molar-refractivity contribution in [1.82, 2.24) is 4.90 Å². The summed E-state index contributed by atoms with van der Waals surface area (Å²) < 4.78 is 18.2. The number of hydrogen-bond acceptors (Lipinski definition) is 6. The van der Waals surface area contributed by atoms with Gasteiger partial charge in [-0.05, 0) is 51.8 Å². The van der Waals surface area contributed by atoms with Crippen LogP contribution in [0, 0.1) is 0 Å². The van der Waals surface area contributed by atoms with Crippen molar-refractivity contribution < 1.29 is 19.0 Å². The Morgan fingerprint density at radius 3 is 2.63 bits per heavy atom. The summed E-state index contributed by atoms with van der Waals surface area (Å²) in [6.07, 6.45) is 3.44. The fourth-order valence-corrected chi connectivity index (χ4v) is 4.57. The molecule has 0 radical (unpaired) electrons. The first kappa shape index (κ1) is 22.4. The summed E-state index contributed by atoms with van der Waals surface area (Å²) in [6.45, 7) is 4.81. The molecule has 8 heteroatoms. The number of methoxy groups -OCH3 is 1. The van der Waals surface area contributed by atoms with Crippen LogP contribution in [0.25, 0.3) is 6.08 Å². The number of carbonyl (C=O) groups excluding carboxylic acids is 1. The molecule has 30 heavy (non-hydrogen) atoms. The van der Waals surface area contributed by atoms with Crippen LogP contribution in [0.1, 0.15) is 5.56 Å². The number of amides is 1. The number of benzene rings is 2. The molecule has 3 rings (SSSR count). The molecule has 1 aliphatic heterocycles. The summed E-state index contributed by atoms with van der Waals surface area (Å²) in [4.78, 5) is 14.6. The van der Waals surface area contributed by atoms with Gasteiger partial charge in [-0.25, -0.2) is 0 Å². The first-order chi connectivity index (χ1) is 14.5. The molecule has 1 amide bonds. The van der Waals surface area contributed by atoms with E-state index in [0.29, 0.717) is 40.5 Å². The summed E-state index contributed by atoms with van der Waals surface area (Å²) in [5, 5.41) is 0. The highest BCUT2D eigenvalue weighted by atomic mass is 79.9. The fraction of sp³-hybridized carbons (Fsp3) is 0.182. The van der Waals surface area contributed by atoms with Crippen LogP contribution in [-0.2, 0) is 4.79 Å². The van der Waals surface area contributed by atoms with Crippen LogP contribution >= 0.6 is 39.9 Å². The molecule has 0 bridgehead atoms. The highest BCUT2D eigenvalue weighted by molar-refractivity contribution is 9.10. The van der Waals surface area contributed by atoms with Crippen LogP contribution in [0.15, 0.2) is 64.5 Å². The van der Waals surface area contributed by atoms with E-state index in [1.54, 1.807) is 19.3 Å². The van der Waals surface area contributed by atoms with E-state index in [2.05, 4.69) is 22.5 Å². The van der Waals surface area contributed by atoms with Gasteiger partial charge in [0.2, 0.25) is 0 Å². The molecule has 2 aromatic rings. The zero-order chi connectivity index (χ0) is 21.5. The highest BCUT2D eigenvalue weighted by Gasteiger charge is 2.31. The lowest BCUT2D eigenvalue weighted by Crippen LogP contribution is -2.27. The molecule has 0 saturated carbocycles. The second-order valence-electron chi connectivity index (χ2n) is 6.13. The topological polar surface area (TPSA) is 48.0 Å². The maximum absolute atomic E-state index is 12.5. The van der Waals surface area contributed by atoms with E-state index in [-0.39, 0.29) is 5.91 Å². The van der Waals surface area contributed by atoms with E-state index in [0.717, 1.165) is 15.8 Å². The Morgan fingerprint density at radius 1 is 1.20 bits per heavy atom. The van der Waals surface area contributed by atoms with E-state index in [1.807, 2.05) is 42.5 Å². The van der Waals surface area contributed by atoms with Crippen molar-refractivity contribution in [3.63, 3.8) is 0 Å². The minimum atomic E-state index is -0.127. The molecule has 0 aliphatic carbocycles. The molecule has 1 saturated heterocycles. The van der Waals surface area contributed by atoms with Crippen LogP contribution < -0.4 is 14.2 Å². The zero-order valence-electron chi connectivity index (χ0n) is 16.3. The third-order valence-electron chi connectivity index (χ3n) is 4.08. The van der Waals surface area contributed by atoms with Gasteiger partial charge in [0.1, 0.15) is 23.3 Å². The number of para-hydroxylation sites is 1. The third-order valence-corrected chi connectivity index (χ3v) is 6.04. The molecule has 0 spiro atoms. The van der Waals surface area contributed by atoms with Crippen molar-refractivity contribution in [2.45, 2.75) is 0 Å². The number of rotatable bonds is 9. The summed E-state index contributed by atoms with van der Waals surface area (Å²) in [5.74, 6) is 1.79. The minimum Gasteiger partial charge on any atom is -0.493 e. The molecule has 1 fully saturated rings. The van der Waals surface area contributed by atoms with Gasteiger partial charge >= 0.3 is 0 Å². The van der Waals surface area contributed by atoms with E-state index in [4.69, 9.17) is 26.4 Å². The van der Waals surface area contributed by atoms with E-state index in [1.165, 1.54) is 16.7 Å². The predicted molar refractivity (Wildman–Crippen MR) is 128 cm³/mol. The Balaban J connectivity index is 1.70.